The number of pyridine rings is 1. The second-order valence-electron chi connectivity index (χ2n) is 7.30. The third kappa shape index (κ3) is 3.56. The van der Waals surface area contributed by atoms with Gasteiger partial charge in [-0.25, -0.2) is 4.79 Å². The Balaban J connectivity index is 1.75. The minimum absolute atomic E-state index is 0.0758. The van der Waals surface area contributed by atoms with Gasteiger partial charge >= 0.3 is 5.97 Å². The van der Waals surface area contributed by atoms with Crippen molar-refractivity contribution in [2.45, 2.75) is 38.8 Å². The van der Waals surface area contributed by atoms with Crippen molar-refractivity contribution in [3.63, 3.8) is 0 Å². The van der Waals surface area contributed by atoms with Gasteiger partial charge in [0.2, 0.25) is 0 Å². The van der Waals surface area contributed by atoms with E-state index in [9.17, 15) is 9.59 Å². The van der Waals surface area contributed by atoms with Crippen LogP contribution in [-0.2, 0) is 16.1 Å². The van der Waals surface area contributed by atoms with Crippen LogP contribution in [0.2, 0.25) is 0 Å². The standard InChI is InChI=1S/C18H25N3O3S/c1-11(2)16(17(23)24-3)19-18(25)20-8-12-7-13(10-20)14-5-4-6-15(22)21(14)9-12/h4-6,11-13,16H,7-10H2,1-3H3,(H,19,25)/t12-,13-,16?/m0/s1. The summed E-state index contributed by atoms with van der Waals surface area (Å²) in [6.45, 7) is 6.22. The van der Waals surface area contributed by atoms with Crippen molar-refractivity contribution in [2.24, 2.45) is 11.8 Å². The number of hydrogen-bond acceptors (Lipinski definition) is 4. The van der Waals surface area contributed by atoms with Crippen LogP contribution >= 0.6 is 12.2 Å². The highest BCUT2D eigenvalue weighted by Crippen LogP contribution is 2.34. The molecule has 0 saturated carbocycles. The Kier molecular flexibility index (Phi) is 5.13. The van der Waals surface area contributed by atoms with Crippen LogP contribution in [0.4, 0.5) is 0 Å². The van der Waals surface area contributed by atoms with E-state index in [1.165, 1.54) is 7.11 Å². The molecule has 1 N–H and O–H groups in total. The smallest absolute Gasteiger partial charge is 0.328 e. The van der Waals surface area contributed by atoms with Gasteiger partial charge in [0.15, 0.2) is 5.11 Å². The van der Waals surface area contributed by atoms with E-state index in [2.05, 4.69) is 10.2 Å². The Bertz CT molecular complexity index is 731. The van der Waals surface area contributed by atoms with E-state index in [1.54, 1.807) is 6.07 Å². The second-order valence-corrected chi connectivity index (χ2v) is 7.68. The average molecular weight is 363 g/mol. The minimum Gasteiger partial charge on any atom is -0.467 e. The van der Waals surface area contributed by atoms with Crippen molar-refractivity contribution in [3.05, 3.63) is 34.2 Å². The van der Waals surface area contributed by atoms with E-state index in [0.717, 1.165) is 31.7 Å². The lowest BCUT2D eigenvalue weighted by atomic mass is 9.83. The minimum atomic E-state index is -0.450. The number of esters is 1. The van der Waals surface area contributed by atoms with Gasteiger partial charge in [0.1, 0.15) is 6.04 Å². The molecule has 0 spiro atoms. The quantitative estimate of drug-likeness (QED) is 0.646. The molecule has 0 aliphatic carbocycles. The summed E-state index contributed by atoms with van der Waals surface area (Å²) < 4.78 is 6.78. The zero-order valence-corrected chi connectivity index (χ0v) is 15.7. The first-order valence-corrected chi connectivity index (χ1v) is 9.14. The Hall–Kier alpha value is -1.89. The summed E-state index contributed by atoms with van der Waals surface area (Å²) in [4.78, 5) is 26.2. The first-order chi connectivity index (χ1) is 11.9. The van der Waals surface area contributed by atoms with E-state index in [4.69, 9.17) is 17.0 Å². The molecule has 0 aromatic carbocycles. The molecule has 1 aromatic rings. The number of likely N-dealkylation sites (tertiary alicyclic amines) is 1. The lowest BCUT2D eigenvalue weighted by Crippen LogP contribution is -2.55. The summed E-state index contributed by atoms with van der Waals surface area (Å²) in [5.41, 5.74) is 1.16. The maximum atomic E-state index is 12.1. The molecule has 1 aromatic heterocycles. The largest absolute Gasteiger partial charge is 0.467 e. The van der Waals surface area contributed by atoms with Crippen LogP contribution in [0.15, 0.2) is 23.0 Å². The third-order valence-electron chi connectivity index (χ3n) is 5.17. The fourth-order valence-corrected chi connectivity index (χ4v) is 4.19. The highest BCUT2D eigenvalue weighted by atomic mass is 32.1. The van der Waals surface area contributed by atoms with E-state index < -0.39 is 6.04 Å². The lowest BCUT2D eigenvalue weighted by molar-refractivity contribution is -0.143. The van der Waals surface area contributed by atoms with Crippen molar-refractivity contribution in [1.29, 1.82) is 0 Å². The number of methoxy groups -OCH3 is 1. The SMILES string of the molecule is COC(=O)C(NC(=S)N1C[C@@H]2C[C@@H](C1)c1cccc(=O)n1C2)C(C)C. The first kappa shape index (κ1) is 17.9. The van der Waals surface area contributed by atoms with Crippen LogP contribution in [-0.4, -0.2) is 46.8 Å². The summed E-state index contributed by atoms with van der Waals surface area (Å²) in [6, 6.07) is 5.04. The Morgan fingerprint density at radius 2 is 2.08 bits per heavy atom. The van der Waals surface area contributed by atoms with E-state index in [0.29, 0.717) is 11.0 Å². The molecule has 2 aliphatic rings. The van der Waals surface area contributed by atoms with E-state index in [1.807, 2.05) is 30.5 Å². The zero-order valence-electron chi connectivity index (χ0n) is 14.9. The molecule has 1 saturated heterocycles. The normalized spacial score (nSPS) is 23.0. The maximum Gasteiger partial charge on any atom is 0.328 e. The zero-order chi connectivity index (χ0) is 18.1. The van der Waals surface area contributed by atoms with Crippen LogP contribution < -0.4 is 10.9 Å². The number of thiocarbonyl (C=S) groups is 1. The summed E-state index contributed by atoms with van der Waals surface area (Å²) in [5, 5.41) is 3.76. The summed E-state index contributed by atoms with van der Waals surface area (Å²) in [6.07, 6.45) is 1.08. The van der Waals surface area contributed by atoms with Gasteiger partial charge < -0.3 is 19.5 Å². The van der Waals surface area contributed by atoms with Crippen molar-refractivity contribution in [2.75, 3.05) is 20.2 Å². The predicted octanol–water partition coefficient (Wildman–Crippen LogP) is 1.34. The van der Waals surface area contributed by atoms with Crippen LogP contribution in [0.1, 0.15) is 31.9 Å². The molecule has 136 valence electrons. The molecule has 6 nitrogen and oxygen atoms in total. The summed E-state index contributed by atoms with van der Waals surface area (Å²) in [5.74, 6) is 0.457. The van der Waals surface area contributed by atoms with Crippen LogP contribution in [0.5, 0.6) is 0 Å². The number of ether oxygens (including phenoxy) is 1. The molecule has 0 amide bonds. The molecule has 2 bridgehead atoms. The Labute approximate surface area is 153 Å². The molecule has 3 atom stereocenters. The number of carbonyl (C=O) groups is 1. The van der Waals surface area contributed by atoms with Gasteiger partial charge in [-0.15, -0.1) is 0 Å². The van der Waals surface area contributed by atoms with E-state index >= 15 is 0 Å². The van der Waals surface area contributed by atoms with Gasteiger partial charge in [0.25, 0.3) is 5.56 Å². The molecule has 2 aliphatic heterocycles. The first-order valence-electron chi connectivity index (χ1n) is 8.73. The van der Waals surface area contributed by atoms with Crippen LogP contribution in [0, 0.1) is 11.8 Å². The molecular formula is C18H25N3O3S. The summed E-state index contributed by atoms with van der Waals surface area (Å²) >= 11 is 5.58. The van der Waals surface area contributed by atoms with Crippen molar-refractivity contribution < 1.29 is 9.53 Å². The van der Waals surface area contributed by atoms with Crippen molar-refractivity contribution in [1.82, 2.24) is 14.8 Å². The highest BCUT2D eigenvalue weighted by molar-refractivity contribution is 7.80. The number of nitrogens with one attached hydrogen (secondary N) is 1. The van der Waals surface area contributed by atoms with Crippen molar-refractivity contribution in [3.8, 4) is 0 Å². The van der Waals surface area contributed by atoms with Gasteiger partial charge in [-0.3, -0.25) is 4.79 Å². The van der Waals surface area contributed by atoms with E-state index in [-0.39, 0.29) is 23.4 Å². The van der Waals surface area contributed by atoms with Crippen LogP contribution in [0.3, 0.4) is 0 Å². The van der Waals surface area contributed by atoms with Gasteiger partial charge in [0.05, 0.1) is 7.11 Å². The maximum absolute atomic E-state index is 12.1. The number of aromatic nitrogens is 1. The molecule has 3 heterocycles. The molecule has 1 unspecified atom stereocenters. The number of fused-ring (bicyclic) bond motifs is 4. The lowest BCUT2D eigenvalue weighted by Gasteiger charge is -2.44. The fraction of sp³-hybridized carbons (Fsp3) is 0.611. The Morgan fingerprint density at radius 3 is 2.76 bits per heavy atom. The van der Waals surface area contributed by atoms with Crippen LogP contribution in [0.25, 0.3) is 0 Å². The number of nitrogens with zero attached hydrogens (tertiary/aromatic N) is 2. The number of rotatable bonds is 3. The molecule has 7 heteroatoms. The highest BCUT2D eigenvalue weighted by Gasteiger charge is 2.36. The molecular weight excluding hydrogens is 338 g/mol. The second kappa shape index (κ2) is 7.15. The average Bonchev–Trinajstić information content (AvgIpc) is 2.59. The molecule has 1 fully saturated rings. The summed E-state index contributed by atoms with van der Waals surface area (Å²) in [7, 11) is 1.39. The number of hydrogen-bond donors (Lipinski definition) is 1. The van der Waals surface area contributed by atoms with Gasteiger partial charge in [-0.1, -0.05) is 19.9 Å². The fourth-order valence-electron chi connectivity index (χ4n) is 3.91. The number of piperidine rings is 1. The monoisotopic (exact) mass is 363 g/mol. The molecule has 25 heavy (non-hydrogen) atoms. The Morgan fingerprint density at radius 1 is 1.32 bits per heavy atom. The van der Waals surface area contributed by atoms with Gasteiger partial charge in [-0.2, -0.15) is 0 Å². The predicted molar refractivity (Wildman–Crippen MR) is 99.5 cm³/mol. The van der Waals surface area contributed by atoms with Gasteiger partial charge in [-0.05, 0) is 36.5 Å². The van der Waals surface area contributed by atoms with Gasteiger partial charge in [0, 0.05) is 37.3 Å². The molecule has 3 rings (SSSR count). The van der Waals surface area contributed by atoms with Crippen molar-refractivity contribution >= 4 is 23.3 Å². The number of carbonyl (C=O) groups excluding carboxylic acids is 1. The topological polar surface area (TPSA) is 63.6 Å². The third-order valence-corrected chi connectivity index (χ3v) is 5.54. The molecule has 0 radical (unpaired) electrons.